The minimum absolute atomic E-state index is 0.00982. The highest BCUT2D eigenvalue weighted by Gasteiger charge is 2.34. The van der Waals surface area contributed by atoms with E-state index in [2.05, 4.69) is 16.0 Å². The van der Waals surface area contributed by atoms with Gasteiger partial charge in [0, 0.05) is 26.1 Å². The van der Waals surface area contributed by atoms with Crippen LogP contribution in [0.5, 0.6) is 0 Å². The van der Waals surface area contributed by atoms with Gasteiger partial charge in [0.2, 0.25) is 5.91 Å². The third kappa shape index (κ3) is 8.74. The fourth-order valence-electron chi connectivity index (χ4n) is 2.08. The number of hydrogen-bond donors (Lipinski definition) is 3. The van der Waals surface area contributed by atoms with E-state index in [4.69, 9.17) is 4.74 Å². The zero-order valence-electron chi connectivity index (χ0n) is 15.9. The lowest BCUT2D eigenvalue weighted by molar-refractivity contribution is -0.138. The first-order chi connectivity index (χ1) is 12.9. The van der Waals surface area contributed by atoms with E-state index in [-0.39, 0.29) is 32.0 Å². The number of hydrogen-bond acceptors (Lipinski definition) is 4. The van der Waals surface area contributed by atoms with Crippen LogP contribution in [0.15, 0.2) is 24.3 Å². The summed E-state index contributed by atoms with van der Waals surface area (Å²) >= 11 is 0. The molecule has 10 heteroatoms. The van der Waals surface area contributed by atoms with Crippen LogP contribution in [0.2, 0.25) is 0 Å². The molecular weight excluding hydrogens is 379 g/mol. The molecule has 7 nitrogen and oxygen atoms in total. The number of amides is 3. The Morgan fingerprint density at radius 3 is 2.14 bits per heavy atom. The maximum Gasteiger partial charge on any atom is 0.417 e. The molecule has 28 heavy (non-hydrogen) atoms. The fourth-order valence-corrected chi connectivity index (χ4v) is 2.08. The van der Waals surface area contributed by atoms with Gasteiger partial charge in [0.15, 0.2) is 0 Å². The van der Waals surface area contributed by atoms with Gasteiger partial charge in [-0.1, -0.05) is 12.1 Å². The predicted octanol–water partition coefficient (Wildman–Crippen LogP) is 2.47. The molecule has 0 aliphatic rings. The van der Waals surface area contributed by atoms with Gasteiger partial charge in [0.1, 0.15) is 5.60 Å². The second-order valence-electron chi connectivity index (χ2n) is 6.83. The van der Waals surface area contributed by atoms with E-state index in [1.807, 2.05) is 0 Å². The molecule has 0 fully saturated rings. The molecule has 0 spiro atoms. The lowest BCUT2D eigenvalue weighted by Crippen LogP contribution is -2.37. The van der Waals surface area contributed by atoms with Gasteiger partial charge >= 0.3 is 12.3 Å². The molecule has 0 unspecified atom stereocenters. The van der Waals surface area contributed by atoms with E-state index in [9.17, 15) is 27.6 Å². The number of carbonyl (C=O) groups is 3. The fraction of sp³-hybridized carbons (Fsp3) is 0.500. The summed E-state index contributed by atoms with van der Waals surface area (Å²) in [5, 5.41) is 7.23. The molecule has 1 aromatic carbocycles. The quantitative estimate of drug-likeness (QED) is 0.610. The molecule has 0 aromatic heterocycles. The summed E-state index contributed by atoms with van der Waals surface area (Å²) in [4.78, 5) is 35.0. The van der Waals surface area contributed by atoms with Gasteiger partial charge in [-0.05, 0) is 32.9 Å². The average molecular weight is 403 g/mol. The lowest BCUT2D eigenvalue weighted by atomic mass is 10.1. The molecular formula is C18H24F3N3O4. The number of carbonyl (C=O) groups excluding carboxylic acids is 3. The summed E-state index contributed by atoms with van der Waals surface area (Å²) < 4.78 is 43.7. The van der Waals surface area contributed by atoms with Crippen LogP contribution in [-0.4, -0.2) is 43.1 Å². The van der Waals surface area contributed by atoms with E-state index in [1.54, 1.807) is 20.8 Å². The molecule has 0 saturated heterocycles. The standard InChI is InChI=1S/C18H24F3N3O4/c1-17(2,3)28-16(27)24-9-8-14(25)22-10-11-23-15(26)12-6-4-5-7-13(12)18(19,20)21/h4-7H,8-11H2,1-3H3,(H,22,25)(H,23,26)(H,24,27). The van der Waals surface area contributed by atoms with E-state index in [0.717, 1.165) is 12.1 Å². The third-order valence-electron chi connectivity index (χ3n) is 3.23. The molecule has 0 heterocycles. The number of rotatable bonds is 7. The SMILES string of the molecule is CC(C)(C)OC(=O)NCCC(=O)NCCNC(=O)c1ccccc1C(F)(F)F. The van der Waals surface area contributed by atoms with Gasteiger partial charge in [0.05, 0.1) is 11.1 Å². The highest BCUT2D eigenvalue weighted by atomic mass is 19.4. The van der Waals surface area contributed by atoms with Crippen molar-refractivity contribution in [2.45, 2.75) is 39.0 Å². The van der Waals surface area contributed by atoms with E-state index in [0.29, 0.717) is 0 Å². The van der Waals surface area contributed by atoms with Crippen LogP contribution < -0.4 is 16.0 Å². The Labute approximate surface area is 161 Å². The summed E-state index contributed by atoms with van der Waals surface area (Å²) in [5.41, 5.74) is -2.15. The van der Waals surface area contributed by atoms with Crippen LogP contribution in [0.4, 0.5) is 18.0 Å². The summed E-state index contributed by atoms with van der Waals surface area (Å²) in [6, 6.07) is 4.45. The second kappa shape index (κ2) is 9.95. The molecule has 0 bridgehead atoms. The minimum atomic E-state index is -4.64. The Hall–Kier alpha value is -2.78. The second-order valence-corrected chi connectivity index (χ2v) is 6.83. The van der Waals surface area contributed by atoms with Crippen LogP contribution in [0, 0.1) is 0 Å². The van der Waals surface area contributed by atoms with Gasteiger partial charge in [-0.15, -0.1) is 0 Å². The molecule has 1 aromatic rings. The van der Waals surface area contributed by atoms with Gasteiger partial charge in [-0.3, -0.25) is 9.59 Å². The molecule has 3 N–H and O–H groups in total. The maximum atomic E-state index is 12.9. The molecule has 0 aliphatic heterocycles. The van der Waals surface area contributed by atoms with Gasteiger partial charge in [-0.2, -0.15) is 13.2 Å². The van der Waals surface area contributed by atoms with Crippen molar-refractivity contribution in [1.29, 1.82) is 0 Å². The van der Waals surface area contributed by atoms with Crippen molar-refractivity contribution >= 4 is 17.9 Å². The highest BCUT2D eigenvalue weighted by molar-refractivity contribution is 5.95. The topological polar surface area (TPSA) is 96.5 Å². The largest absolute Gasteiger partial charge is 0.444 e. The van der Waals surface area contributed by atoms with Crippen molar-refractivity contribution in [2.75, 3.05) is 19.6 Å². The Bertz CT molecular complexity index is 700. The summed E-state index contributed by atoms with van der Waals surface area (Å²) in [6.45, 7) is 5.18. The van der Waals surface area contributed by atoms with Crippen LogP contribution >= 0.6 is 0 Å². The summed E-state index contributed by atoms with van der Waals surface area (Å²) in [6.07, 6.45) is -5.29. The molecule has 0 aliphatic carbocycles. The normalized spacial score (nSPS) is 11.5. The number of benzene rings is 1. The van der Waals surface area contributed by atoms with Crippen LogP contribution in [0.3, 0.4) is 0 Å². The number of alkyl carbamates (subject to hydrolysis) is 1. The molecule has 1 rings (SSSR count). The molecule has 3 amide bonds. The first kappa shape index (κ1) is 23.3. The third-order valence-corrected chi connectivity index (χ3v) is 3.23. The Kier molecular flexibility index (Phi) is 8.27. The molecule has 0 atom stereocenters. The minimum Gasteiger partial charge on any atom is -0.444 e. The van der Waals surface area contributed by atoms with E-state index < -0.39 is 34.9 Å². The Morgan fingerprint density at radius 2 is 1.54 bits per heavy atom. The monoisotopic (exact) mass is 403 g/mol. The van der Waals surface area contributed by atoms with Crippen LogP contribution in [0.25, 0.3) is 0 Å². The number of halogens is 3. The molecule has 0 radical (unpaired) electrons. The van der Waals surface area contributed by atoms with Gasteiger partial charge < -0.3 is 20.7 Å². The summed E-state index contributed by atoms with van der Waals surface area (Å²) in [7, 11) is 0. The maximum absolute atomic E-state index is 12.9. The van der Waals surface area contributed by atoms with E-state index in [1.165, 1.54) is 12.1 Å². The van der Waals surface area contributed by atoms with Crippen molar-refractivity contribution in [3.8, 4) is 0 Å². The first-order valence-corrected chi connectivity index (χ1v) is 8.58. The summed E-state index contributed by atoms with van der Waals surface area (Å²) in [5.74, 6) is -1.27. The zero-order valence-corrected chi connectivity index (χ0v) is 15.9. The average Bonchev–Trinajstić information content (AvgIpc) is 2.56. The number of nitrogens with one attached hydrogen (secondary N) is 3. The van der Waals surface area contributed by atoms with Crippen molar-refractivity contribution in [2.24, 2.45) is 0 Å². The zero-order chi connectivity index (χ0) is 21.4. The van der Waals surface area contributed by atoms with Crippen LogP contribution in [0.1, 0.15) is 43.1 Å². The lowest BCUT2D eigenvalue weighted by Gasteiger charge is -2.19. The van der Waals surface area contributed by atoms with Crippen molar-refractivity contribution in [3.05, 3.63) is 35.4 Å². The van der Waals surface area contributed by atoms with Gasteiger partial charge in [-0.25, -0.2) is 4.79 Å². The highest BCUT2D eigenvalue weighted by Crippen LogP contribution is 2.31. The van der Waals surface area contributed by atoms with E-state index >= 15 is 0 Å². The first-order valence-electron chi connectivity index (χ1n) is 8.58. The Balaban J connectivity index is 2.31. The van der Waals surface area contributed by atoms with Crippen molar-refractivity contribution < 1.29 is 32.3 Å². The predicted molar refractivity (Wildman–Crippen MR) is 95.6 cm³/mol. The smallest absolute Gasteiger partial charge is 0.417 e. The number of alkyl halides is 3. The van der Waals surface area contributed by atoms with Crippen LogP contribution in [-0.2, 0) is 15.7 Å². The molecule has 0 saturated carbocycles. The van der Waals surface area contributed by atoms with Crippen molar-refractivity contribution in [3.63, 3.8) is 0 Å². The molecule has 156 valence electrons. The van der Waals surface area contributed by atoms with Crippen molar-refractivity contribution in [1.82, 2.24) is 16.0 Å². The Morgan fingerprint density at radius 1 is 0.929 bits per heavy atom. The van der Waals surface area contributed by atoms with Gasteiger partial charge in [0.25, 0.3) is 5.91 Å². The number of ether oxygens (including phenoxy) is 1.